The maximum atomic E-state index is 5.33. The third-order valence-electron chi connectivity index (χ3n) is 1.97. The smallest absolute Gasteiger partial charge is 0.243 e. The van der Waals surface area contributed by atoms with Crippen molar-refractivity contribution in [1.82, 2.24) is 14.8 Å². The highest BCUT2D eigenvalue weighted by molar-refractivity contribution is 5.41. The van der Waals surface area contributed by atoms with Crippen molar-refractivity contribution in [2.24, 2.45) is 5.84 Å². The zero-order valence-electron chi connectivity index (χ0n) is 7.81. The Bertz CT molecular complexity index is 420. The highest BCUT2D eigenvalue weighted by Gasteiger charge is 2.07. The fourth-order valence-corrected chi connectivity index (χ4v) is 1.34. The fourth-order valence-electron chi connectivity index (χ4n) is 1.34. The molecule has 0 fully saturated rings. The molecule has 5 heteroatoms. The number of benzene rings is 1. The maximum absolute atomic E-state index is 5.33. The maximum Gasteiger partial charge on any atom is 0.243 e. The number of hydrazine groups is 1. The molecule has 3 N–H and O–H groups in total. The van der Waals surface area contributed by atoms with Crippen LogP contribution in [0.2, 0.25) is 0 Å². The molecule has 72 valence electrons. The van der Waals surface area contributed by atoms with E-state index >= 15 is 0 Å². The molecule has 0 aliphatic heterocycles. The van der Waals surface area contributed by atoms with E-state index in [0.717, 1.165) is 11.5 Å². The molecular weight excluding hydrogens is 178 g/mol. The van der Waals surface area contributed by atoms with Crippen molar-refractivity contribution in [3.63, 3.8) is 0 Å². The summed E-state index contributed by atoms with van der Waals surface area (Å²) >= 11 is 0. The fraction of sp³-hybridized carbons (Fsp3) is 0.111. The first-order chi connectivity index (χ1) is 6.83. The van der Waals surface area contributed by atoms with Gasteiger partial charge in [-0.25, -0.2) is 5.84 Å². The number of nitrogens with one attached hydrogen (secondary N) is 1. The summed E-state index contributed by atoms with van der Waals surface area (Å²) in [5.74, 6) is 6.66. The summed E-state index contributed by atoms with van der Waals surface area (Å²) in [4.78, 5) is 0. The highest BCUT2D eigenvalue weighted by atomic mass is 15.4. The molecule has 0 unspecified atom stereocenters. The lowest BCUT2D eigenvalue weighted by Gasteiger charge is -2.06. The Balaban J connectivity index is 2.55. The van der Waals surface area contributed by atoms with Gasteiger partial charge in [0.15, 0.2) is 0 Å². The number of nitrogens with zero attached hydrogens (tertiary/aromatic N) is 3. The molecule has 0 aliphatic rings. The van der Waals surface area contributed by atoms with Crippen LogP contribution in [0.4, 0.5) is 5.95 Å². The van der Waals surface area contributed by atoms with E-state index in [2.05, 4.69) is 15.6 Å². The van der Waals surface area contributed by atoms with E-state index < -0.39 is 0 Å². The molecule has 5 nitrogen and oxygen atoms in total. The van der Waals surface area contributed by atoms with E-state index in [9.17, 15) is 0 Å². The molecule has 0 bridgehead atoms. The Kier molecular flexibility index (Phi) is 2.16. The van der Waals surface area contributed by atoms with Crippen molar-refractivity contribution >= 4 is 5.95 Å². The second-order valence-electron chi connectivity index (χ2n) is 2.89. The molecule has 1 aromatic carbocycles. The highest BCUT2D eigenvalue weighted by Crippen LogP contribution is 2.14. The van der Waals surface area contributed by atoms with Gasteiger partial charge in [0.2, 0.25) is 5.95 Å². The molecule has 0 radical (unpaired) electrons. The van der Waals surface area contributed by atoms with Gasteiger partial charge in [0, 0.05) is 0 Å². The molecule has 14 heavy (non-hydrogen) atoms. The molecule has 0 aliphatic carbocycles. The number of rotatable bonds is 2. The van der Waals surface area contributed by atoms with Crippen LogP contribution in [0.1, 0.15) is 5.82 Å². The number of aryl methyl sites for hydroxylation is 1. The SMILES string of the molecule is Cc1nnc(NN)n1-c1ccccc1. The molecule has 0 amide bonds. The van der Waals surface area contributed by atoms with E-state index in [1.165, 1.54) is 0 Å². The van der Waals surface area contributed by atoms with Crippen molar-refractivity contribution in [2.75, 3.05) is 5.43 Å². The topological polar surface area (TPSA) is 68.8 Å². The van der Waals surface area contributed by atoms with Gasteiger partial charge in [0.05, 0.1) is 5.69 Å². The molecular formula is C9H11N5. The predicted molar refractivity (Wildman–Crippen MR) is 53.9 cm³/mol. The van der Waals surface area contributed by atoms with E-state index in [1.807, 2.05) is 41.8 Å². The number of anilines is 1. The minimum Gasteiger partial charge on any atom is -0.292 e. The van der Waals surface area contributed by atoms with Gasteiger partial charge < -0.3 is 0 Å². The normalized spacial score (nSPS) is 10.1. The Morgan fingerprint density at radius 2 is 1.93 bits per heavy atom. The van der Waals surface area contributed by atoms with Crippen LogP contribution in [0.15, 0.2) is 30.3 Å². The molecule has 0 saturated heterocycles. The van der Waals surface area contributed by atoms with Gasteiger partial charge in [-0.15, -0.1) is 10.2 Å². The van der Waals surface area contributed by atoms with Gasteiger partial charge >= 0.3 is 0 Å². The Morgan fingerprint density at radius 3 is 2.57 bits per heavy atom. The van der Waals surface area contributed by atoms with E-state index in [0.29, 0.717) is 5.95 Å². The van der Waals surface area contributed by atoms with Crippen molar-refractivity contribution in [3.8, 4) is 5.69 Å². The van der Waals surface area contributed by atoms with Crippen LogP contribution < -0.4 is 11.3 Å². The zero-order chi connectivity index (χ0) is 9.97. The quantitative estimate of drug-likeness (QED) is 0.543. The third kappa shape index (κ3) is 1.33. The standard InChI is InChI=1S/C9H11N5/c1-7-12-13-9(11-10)14(7)8-5-3-2-4-6-8/h2-6H,10H2,1H3,(H,11,13). The first-order valence-electron chi connectivity index (χ1n) is 4.27. The molecule has 0 atom stereocenters. The van der Waals surface area contributed by atoms with Crippen LogP contribution in [0.5, 0.6) is 0 Å². The first kappa shape index (κ1) is 8.71. The van der Waals surface area contributed by atoms with Crippen LogP contribution in [0, 0.1) is 6.92 Å². The number of nitrogens with two attached hydrogens (primary N) is 1. The van der Waals surface area contributed by atoms with Gasteiger partial charge in [-0.05, 0) is 19.1 Å². The van der Waals surface area contributed by atoms with Crippen LogP contribution in [0.25, 0.3) is 5.69 Å². The lowest BCUT2D eigenvalue weighted by molar-refractivity contribution is 0.967. The van der Waals surface area contributed by atoms with Crippen molar-refractivity contribution in [1.29, 1.82) is 0 Å². The molecule has 0 saturated carbocycles. The second kappa shape index (κ2) is 3.47. The molecule has 0 spiro atoms. The van der Waals surface area contributed by atoms with Crippen molar-refractivity contribution in [2.45, 2.75) is 6.92 Å². The largest absolute Gasteiger partial charge is 0.292 e. The van der Waals surface area contributed by atoms with Crippen LogP contribution in [-0.4, -0.2) is 14.8 Å². The summed E-state index contributed by atoms with van der Waals surface area (Å²) < 4.78 is 1.85. The predicted octanol–water partition coefficient (Wildman–Crippen LogP) is 0.861. The summed E-state index contributed by atoms with van der Waals surface area (Å²) in [7, 11) is 0. The van der Waals surface area contributed by atoms with Crippen LogP contribution in [0.3, 0.4) is 0 Å². The van der Waals surface area contributed by atoms with Crippen molar-refractivity contribution in [3.05, 3.63) is 36.2 Å². The minimum atomic E-state index is 0.536. The van der Waals surface area contributed by atoms with Gasteiger partial charge in [0.25, 0.3) is 0 Å². The molecule has 1 aromatic heterocycles. The summed E-state index contributed by atoms with van der Waals surface area (Å²) in [5.41, 5.74) is 3.49. The number of aromatic nitrogens is 3. The average Bonchev–Trinajstić information content (AvgIpc) is 2.61. The Hall–Kier alpha value is -1.88. The van der Waals surface area contributed by atoms with Crippen LogP contribution in [-0.2, 0) is 0 Å². The monoisotopic (exact) mass is 189 g/mol. The summed E-state index contributed by atoms with van der Waals surface area (Å²) in [6.07, 6.45) is 0. The summed E-state index contributed by atoms with van der Waals surface area (Å²) in [6, 6.07) is 9.80. The lowest BCUT2D eigenvalue weighted by Crippen LogP contribution is -2.12. The number of hydrogen-bond donors (Lipinski definition) is 2. The van der Waals surface area contributed by atoms with Gasteiger partial charge in [-0.1, -0.05) is 18.2 Å². The average molecular weight is 189 g/mol. The first-order valence-corrected chi connectivity index (χ1v) is 4.27. The zero-order valence-corrected chi connectivity index (χ0v) is 7.81. The summed E-state index contributed by atoms with van der Waals surface area (Å²) in [5, 5.41) is 7.82. The van der Waals surface area contributed by atoms with Crippen LogP contribution >= 0.6 is 0 Å². The molecule has 1 heterocycles. The third-order valence-corrected chi connectivity index (χ3v) is 1.97. The van der Waals surface area contributed by atoms with Gasteiger partial charge in [-0.3, -0.25) is 9.99 Å². The minimum absolute atomic E-state index is 0.536. The Labute approximate surface area is 81.5 Å². The van der Waals surface area contributed by atoms with E-state index in [1.54, 1.807) is 0 Å². The summed E-state index contributed by atoms with van der Waals surface area (Å²) in [6.45, 7) is 1.88. The number of para-hydroxylation sites is 1. The molecule has 2 rings (SSSR count). The molecule has 2 aromatic rings. The lowest BCUT2D eigenvalue weighted by atomic mass is 10.3. The number of hydrogen-bond acceptors (Lipinski definition) is 4. The number of nitrogen functional groups attached to an aromatic ring is 1. The van der Waals surface area contributed by atoms with Gasteiger partial charge in [-0.2, -0.15) is 0 Å². The van der Waals surface area contributed by atoms with E-state index in [-0.39, 0.29) is 0 Å². The second-order valence-corrected chi connectivity index (χ2v) is 2.89. The Morgan fingerprint density at radius 1 is 1.21 bits per heavy atom. The van der Waals surface area contributed by atoms with Crippen molar-refractivity contribution < 1.29 is 0 Å². The van der Waals surface area contributed by atoms with Gasteiger partial charge in [0.1, 0.15) is 5.82 Å². The van der Waals surface area contributed by atoms with E-state index in [4.69, 9.17) is 5.84 Å².